The van der Waals surface area contributed by atoms with E-state index in [4.69, 9.17) is 9.26 Å². The number of nitrogens with zero attached hydrogens (tertiary/aromatic N) is 3. The average Bonchev–Trinajstić information content (AvgIpc) is 3.26. The van der Waals surface area contributed by atoms with Crippen LogP contribution in [0.4, 0.5) is 0 Å². The van der Waals surface area contributed by atoms with Gasteiger partial charge in [0.1, 0.15) is 23.8 Å². The summed E-state index contributed by atoms with van der Waals surface area (Å²) in [4.78, 5) is 19.4. The van der Waals surface area contributed by atoms with E-state index in [0.29, 0.717) is 31.9 Å². The Labute approximate surface area is 149 Å². The highest BCUT2D eigenvalue weighted by Crippen LogP contribution is 2.26. The molecule has 7 heteroatoms. The quantitative estimate of drug-likeness (QED) is 0.719. The fraction of sp³-hybridized carbons (Fsp3) is 0.278. The molecule has 4 rings (SSSR count). The van der Waals surface area contributed by atoms with Crippen molar-refractivity contribution < 1.29 is 14.1 Å². The second-order valence-corrected chi connectivity index (χ2v) is 6.83. The predicted molar refractivity (Wildman–Crippen MR) is 92.6 cm³/mol. The van der Waals surface area contributed by atoms with E-state index in [9.17, 15) is 4.79 Å². The first kappa shape index (κ1) is 15.8. The molecule has 1 amide bonds. The van der Waals surface area contributed by atoms with Crippen LogP contribution in [-0.2, 0) is 19.6 Å². The number of carbonyl (C=O) groups excluding carboxylic acids is 1. The maximum atomic E-state index is 12.7. The number of carbonyl (C=O) groups is 1. The van der Waals surface area contributed by atoms with Crippen LogP contribution in [0.15, 0.2) is 40.5 Å². The standard InChI is InChI=1S/C18H17N3O3S/c1-12-5-8-25-17(12)18(22)21-7-4-16-14(10-21)15(20-24-16)11-23-13-3-2-6-19-9-13/h2-3,5-6,8-9H,4,7,10-11H2,1H3. The number of aryl methyl sites for hydroxylation is 1. The normalized spacial score (nSPS) is 13.6. The molecule has 128 valence electrons. The van der Waals surface area contributed by atoms with E-state index >= 15 is 0 Å². The van der Waals surface area contributed by atoms with Crippen molar-refractivity contribution in [3.8, 4) is 5.75 Å². The third kappa shape index (κ3) is 3.15. The summed E-state index contributed by atoms with van der Waals surface area (Å²) in [5, 5.41) is 6.08. The molecular weight excluding hydrogens is 338 g/mol. The maximum absolute atomic E-state index is 12.7. The minimum Gasteiger partial charge on any atom is -0.486 e. The molecule has 3 aromatic rings. The van der Waals surface area contributed by atoms with Gasteiger partial charge in [-0.15, -0.1) is 11.3 Å². The highest BCUT2D eigenvalue weighted by molar-refractivity contribution is 7.12. The van der Waals surface area contributed by atoms with Gasteiger partial charge in [0.15, 0.2) is 0 Å². The number of amides is 1. The van der Waals surface area contributed by atoms with Crippen molar-refractivity contribution >= 4 is 17.2 Å². The lowest BCUT2D eigenvalue weighted by molar-refractivity contribution is 0.0732. The van der Waals surface area contributed by atoms with Gasteiger partial charge in [-0.3, -0.25) is 9.78 Å². The molecule has 0 aromatic carbocycles. The van der Waals surface area contributed by atoms with Gasteiger partial charge in [-0.1, -0.05) is 5.16 Å². The van der Waals surface area contributed by atoms with Crippen LogP contribution >= 0.6 is 11.3 Å². The highest BCUT2D eigenvalue weighted by Gasteiger charge is 2.28. The SMILES string of the molecule is Cc1ccsc1C(=O)N1CCc2onc(COc3cccnc3)c2C1. The Morgan fingerprint density at radius 2 is 2.36 bits per heavy atom. The lowest BCUT2D eigenvalue weighted by Gasteiger charge is -2.26. The summed E-state index contributed by atoms with van der Waals surface area (Å²) in [6.07, 6.45) is 4.02. The smallest absolute Gasteiger partial charge is 0.264 e. The molecular formula is C18H17N3O3S. The van der Waals surface area contributed by atoms with E-state index in [2.05, 4.69) is 10.1 Å². The van der Waals surface area contributed by atoms with Crippen molar-refractivity contribution in [3.05, 3.63) is 63.4 Å². The molecule has 0 unspecified atom stereocenters. The number of rotatable bonds is 4. The first-order valence-corrected chi connectivity index (χ1v) is 8.93. The molecule has 25 heavy (non-hydrogen) atoms. The lowest BCUT2D eigenvalue weighted by Crippen LogP contribution is -2.35. The van der Waals surface area contributed by atoms with E-state index < -0.39 is 0 Å². The topological polar surface area (TPSA) is 68.5 Å². The summed E-state index contributed by atoms with van der Waals surface area (Å²) < 4.78 is 11.2. The zero-order chi connectivity index (χ0) is 17.2. The first-order chi connectivity index (χ1) is 12.2. The van der Waals surface area contributed by atoms with Crippen LogP contribution in [0.1, 0.15) is 32.3 Å². The third-order valence-corrected chi connectivity index (χ3v) is 5.27. The highest BCUT2D eigenvalue weighted by atomic mass is 32.1. The molecule has 0 saturated carbocycles. The molecule has 3 aromatic heterocycles. The number of hydrogen-bond donors (Lipinski definition) is 0. The number of ether oxygens (including phenoxy) is 1. The molecule has 0 N–H and O–H groups in total. The Morgan fingerprint density at radius 3 is 3.12 bits per heavy atom. The van der Waals surface area contributed by atoms with Gasteiger partial charge < -0.3 is 14.2 Å². The molecule has 1 aliphatic heterocycles. The molecule has 0 radical (unpaired) electrons. The van der Waals surface area contributed by atoms with Crippen molar-refractivity contribution in [1.82, 2.24) is 15.0 Å². The number of hydrogen-bond acceptors (Lipinski definition) is 6. The molecule has 4 heterocycles. The molecule has 0 spiro atoms. The molecule has 0 fully saturated rings. The molecule has 0 aliphatic carbocycles. The number of aromatic nitrogens is 2. The maximum Gasteiger partial charge on any atom is 0.264 e. The van der Waals surface area contributed by atoms with E-state index in [1.165, 1.54) is 11.3 Å². The molecule has 6 nitrogen and oxygen atoms in total. The minimum atomic E-state index is 0.0680. The van der Waals surface area contributed by atoms with E-state index in [0.717, 1.165) is 27.5 Å². The van der Waals surface area contributed by atoms with Crippen LogP contribution in [0.2, 0.25) is 0 Å². The number of pyridine rings is 1. The van der Waals surface area contributed by atoms with Gasteiger partial charge in [-0.2, -0.15) is 0 Å². The molecule has 1 aliphatic rings. The van der Waals surface area contributed by atoms with Crippen LogP contribution in [0, 0.1) is 6.92 Å². The Bertz CT molecular complexity index is 888. The summed E-state index contributed by atoms with van der Waals surface area (Å²) in [6.45, 7) is 3.40. The van der Waals surface area contributed by atoms with Gasteiger partial charge in [0, 0.05) is 24.7 Å². The van der Waals surface area contributed by atoms with Gasteiger partial charge in [0.2, 0.25) is 0 Å². The summed E-state index contributed by atoms with van der Waals surface area (Å²) in [5.41, 5.74) is 2.71. The van der Waals surface area contributed by atoms with E-state index in [1.807, 2.05) is 35.4 Å². The van der Waals surface area contributed by atoms with Crippen LogP contribution < -0.4 is 4.74 Å². The van der Waals surface area contributed by atoms with Gasteiger partial charge in [-0.25, -0.2) is 0 Å². The van der Waals surface area contributed by atoms with Crippen LogP contribution in [-0.4, -0.2) is 27.5 Å². The minimum absolute atomic E-state index is 0.0680. The fourth-order valence-corrected chi connectivity index (χ4v) is 3.76. The van der Waals surface area contributed by atoms with Crippen LogP contribution in [0.5, 0.6) is 5.75 Å². The van der Waals surface area contributed by atoms with Gasteiger partial charge in [0.25, 0.3) is 5.91 Å². The largest absolute Gasteiger partial charge is 0.486 e. The summed E-state index contributed by atoms with van der Waals surface area (Å²) in [6, 6.07) is 5.63. The van der Waals surface area contributed by atoms with E-state index in [-0.39, 0.29) is 5.91 Å². The molecule has 0 bridgehead atoms. The lowest BCUT2D eigenvalue weighted by atomic mass is 10.1. The predicted octanol–water partition coefficient (Wildman–Crippen LogP) is 3.22. The molecule has 0 atom stereocenters. The zero-order valence-electron chi connectivity index (χ0n) is 13.8. The van der Waals surface area contributed by atoms with E-state index in [1.54, 1.807) is 12.4 Å². The fourth-order valence-electron chi connectivity index (χ4n) is 2.87. The van der Waals surface area contributed by atoms with Gasteiger partial charge in [0.05, 0.1) is 17.6 Å². The second kappa shape index (κ2) is 6.68. The Balaban J connectivity index is 1.49. The average molecular weight is 355 g/mol. The molecule has 0 saturated heterocycles. The first-order valence-electron chi connectivity index (χ1n) is 8.05. The summed E-state index contributed by atoms with van der Waals surface area (Å²) in [5.74, 6) is 1.59. The van der Waals surface area contributed by atoms with Gasteiger partial charge in [-0.05, 0) is 36.1 Å². The van der Waals surface area contributed by atoms with Crippen molar-refractivity contribution in [2.24, 2.45) is 0 Å². The monoisotopic (exact) mass is 355 g/mol. The zero-order valence-corrected chi connectivity index (χ0v) is 14.6. The van der Waals surface area contributed by atoms with Crippen LogP contribution in [0.25, 0.3) is 0 Å². The number of thiophene rings is 1. The summed E-state index contributed by atoms with van der Waals surface area (Å²) in [7, 11) is 0. The van der Waals surface area contributed by atoms with Crippen molar-refractivity contribution in [1.29, 1.82) is 0 Å². The Hall–Kier alpha value is -2.67. The Kier molecular flexibility index (Phi) is 4.23. The number of fused-ring (bicyclic) bond motifs is 1. The van der Waals surface area contributed by atoms with Crippen LogP contribution in [0.3, 0.4) is 0 Å². The third-order valence-electron chi connectivity index (χ3n) is 4.26. The van der Waals surface area contributed by atoms with Gasteiger partial charge >= 0.3 is 0 Å². The summed E-state index contributed by atoms with van der Waals surface area (Å²) >= 11 is 1.48. The Morgan fingerprint density at radius 1 is 1.44 bits per heavy atom. The van der Waals surface area contributed by atoms with Crippen molar-refractivity contribution in [3.63, 3.8) is 0 Å². The van der Waals surface area contributed by atoms with Crippen molar-refractivity contribution in [2.45, 2.75) is 26.5 Å². The van der Waals surface area contributed by atoms with Crippen molar-refractivity contribution in [2.75, 3.05) is 6.54 Å². The second-order valence-electron chi connectivity index (χ2n) is 5.92.